The van der Waals surface area contributed by atoms with Gasteiger partial charge in [0.15, 0.2) is 0 Å². The summed E-state index contributed by atoms with van der Waals surface area (Å²) in [6.45, 7) is 7.76. The first kappa shape index (κ1) is 42.6. The maximum Gasteiger partial charge on any atom is 0.311 e. The van der Waals surface area contributed by atoms with Crippen LogP contribution in [0.3, 0.4) is 0 Å². The van der Waals surface area contributed by atoms with Crippen LogP contribution in [0.2, 0.25) is 0 Å². The molecule has 0 radical (unpaired) electrons. The Kier molecular flexibility index (Phi) is 16.1. The molecule has 7 N–H and O–H groups in total. The Hall–Kier alpha value is -5.61. The van der Waals surface area contributed by atoms with Crippen LogP contribution >= 0.6 is 0 Å². The number of esters is 1. The minimum absolute atomic E-state index is 0.0291. The van der Waals surface area contributed by atoms with Gasteiger partial charge in [-0.2, -0.15) is 0 Å². The summed E-state index contributed by atoms with van der Waals surface area (Å²) < 4.78 is 5.32. The van der Waals surface area contributed by atoms with Crippen molar-refractivity contribution in [3.05, 3.63) is 42.0 Å². The van der Waals surface area contributed by atoms with Gasteiger partial charge in [-0.05, 0) is 63.6 Å². The van der Waals surface area contributed by atoms with E-state index in [0.29, 0.717) is 29.0 Å². The van der Waals surface area contributed by atoms with E-state index in [1.165, 1.54) is 0 Å². The Morgan fingerprint density at radius 3 is 1.94 bits per heavy atom. The van der Waals surface area contributed by atoms with E-state index in [4.69, 9.17) is 10.5 Å². The second kappa shape index (κ2) is 19.7. The van der Waals surface area contributed by atoms with Crippen molar-refractivity contribution < 1.29 is 53.0 Å². The second-order valence-corrected chi connectivity index (χ2v) is 13.7. The van der Waals surface area contributed by atoms with E-state index in [9.17, 15) is 48.3 Å². The van der Waals surface area contributed by atoms with E-state index in [2.05, 4.69) is 21.3 Å². The van der Waals surface area contributed by atoms with Crippen LogP contribution in [0.15, 0.2) is 36.4 Å². The Balaban J connectivity index is 2.17. The van der Waals surface area contributed by atoms with Crippen molar-refractivity contribution in [1.82, 2.24) is 20.9 Å². The Morgan fingerprint density at radius 1 is 0.808 bits per heavy atom. The summed E-state index contributed by atoms with van der Waals surface area (Å²) in [6.07, 6.45) is 1.90. The van der Waals surface area contributed by atoms with Gasteiger partial charge in [0, 0.05) is 30.7 Å². The minimum Gasteiger partial charge on any atom is -0.481 e. The topological polar surface area (TPSA) is 260 Å². The molecule has 1 aliphatic heterocycles. The molecule has 1 aliphatic rings. The van der Waals surface area contributed by atoms with E-state index in [0.717, 1.165) is 12.2 Å². The zero-order valence-corrected chi connectivity index (χ0v) is 30.0. The van der Waals surface area contributed by atoms with Gasteiger partial charge in [-0.15, -0.1) is 0 Å². The highest BCUT2D eigenvalue weighted by Gasteiger charge is 2.33. The molecule has 0 fully saturated rings. The van der Waals surface area contributed by atoms with Crippen LogP contribution in [0, 0.1) is 11.3 Å². The van der Waals surface area contributed by atoms with Crippen molar-refractivity contribution in [3.63, 3.8) is 0 Å². The van der Waals surface area contributed by atoms with Crippen LogP contribution in [0.4, 0.5) is 5.69 Å². The number of aliphatic carboxylic acids is 1. The third-order valence-electron chi connectivity index (χ3n) is 7.75. The number of carbonyl (C=O) groups excluding carboxylic acids is 8. The summed E-state index contributed by atoms with van der Waals surface area (Å²) >= 11 is 0. The number of carbonyl (C=O) groups is 9. The van der Waals surface area contributed by atoms with Crippen LogP contribution in [0.25, 0.3) is 0 Å². The molecule has 0 bridgehead atoms. The van der Waals surface area contributed by atoms with Gasteiger partial charge in [0.1, 0.15) is 31.3 Å². The number of anilines is 1. The van der Waals surface area contributed by atoms with E-state index >= 15 is 0 Å². The van der Waals surface area contributed by atoms with Crippen LogP contribution in [-0.4, -0.2) is 88.0 Å². The molecule has 0 saturated carbocycles. The fourth-order valence-corrected chi connectivity index (χ4v) is 4.75. The molecule has 0 aliphatic carbocycles. The first-order valence-corrected chi connectivity index (χ1v) is 16.8. The van der Waals surface area contributed by atoms with Gasteiger partial charge in [-0.25, -0.2) is 0 Å². The maximum absolute atomic E-state index is 13.6. The molecular formula is C35H48N6O11. The molecule has 1 heterocycles. The van der Waals surface area contributed by atoms with Crippen molar-refractivity contribution >= 4 is 59.0 Å². The Bertz CT molecular complexity index is 1530. The summed E-state index contributed by atoms with van der Waals surface area (Å²) in [5.41, 5.74) is 5.63. The van der Waals surface area contributed by atoms with Crippen molar-refractivity contribution in [3.8, 4) is 0 Å². The van der Waals surface area contributed by atoms with Gasteiger partial charge in [-0.1, -0.05) is 32.4 Å². The first-order chi connectivity index (χ1) is 24.3. The molecule has 0 unspecified atom stereocenters. The number of unbranched alkanes of at least 4 members (excludes halogenated alkanes) is 1. The van der Waals surface area contributed by atoms with E-state index in [-0.39, 0.29) is 31.8 Å². The monoisotopic (exact) mass is 728 g/mol. The molecule has 1 aromatic rings. The molecule has 17 heteroatoms. The molecule has 3 atom stereocenters. The normalized spacial score (nSPS) is 14.3. The van der Waals surface area contributed by atoms with Crippen LogP contribution < -0.4 is 27.0 Å². The summed E-state index contributed by atoms with van der Waals surface area (Å²) in [5, 5.41) is 19.4. The zero-order chi connectivity index (χ0) is 39.2. The number of ether oxygens (including phenoxy) is 1. The molecule has 1 aromatic carbocycles. The summed E-state index contributed by atoms with van der Waals surface area (Å²) in [6, 6.07) is 2.68. The SMILES string of the molecule is CC(C)[C@H](NC(=O)[C@H](CCC(=O)O)NC(=O)CN1C(=O)C=CC1=O)C(=O)N[C@@H](CCCCC(N)=O)C(=O)Nc1ccc(COC(=O)C(C)(C)C)cc1. The van der Waals surface area contributed by atoms with Crippen molar-refractivity contribution in [2.24, 2.45) is 17.1 Å². The summed E-state index contributed by atoms with van der Waals surface area (Å²) in [7, 11) is 0. The highest BCUT2D eigenvalue weighted by Crippen LogP contribution is 2.18. The van der Waals surface area contributed by atoms with Crippen molar-refractivity contribution in [2.75, 3.05) is 11.9 Å². The minimum atomic E-state index is -1.45. The van der Waals surface area contributed by atoms with E-state index < -0.39 is 89.7 Å². The fraction of sp³-hybridized carbons (Fsp3) is 0.514. The highest BCUT2D eigenvalue weighted by molar-refractivity contribution is 6.14. The number of hydrogen-bond acceptors (Lipinski definition) is 10. The second-order valence-electron chi connectivity index (χ2n) is 13.7. The van der Waals surface area contributed by atoms with Crippen molar-refractivity contribution in [2.45, 2.75) is 97.9 Å². The molecule has 7 amide bonds. The molecule has 2 rings (SSSR count). The average molecular weight is 729 g/mol. The number of benzene rings is 1. The standard InChI is InChI=1S/C35H48N6O11/c1-20(2)30(40-32(49)24(14-17-29(46)47)38-26(43)18-41-27(44)15-16-28(41)45)33(50)39-23(8-6-7-9-25(36)42)31(48)37-22-12-10-21(11-13-22)19-52-34(51)35(3,4)5/h10-13,15-16,20,23-24,30H,6-9,14,17-19H2,1-5H3,(H2,36,42)(H,37,48)(H,38,43)(H,39,50)(H,40,49)(H,46,47)/t23-,24-,30-/m0/s1. The van der Waals surface area contributed by atoms with Gasteiger partial charge in [0.25, 0.3) is 11.8 Å². The van der Waals surface area contributed by atoms with E-state index in [1.807, 2.05) is 0 Å². The first-order valence-electron chi connectivity index (χ1n) is 16.8. The zero-order valence-electron chi connectivity index (χ0n) is 30.0. The number of amides is 7. The van der Waals surface area contributed by atoms with Gasteiger partial charge >= 0.3 is 11.9 Å². The molecule has 284 valence electrons. The number of nitrogens with one attached hydrogen (secondary N) is 4. The molecule has 52 heavy (non-hydrogen) atoms. The lowest BCUT2D eigenvalue weighted by atomic mass is 9.97. The molecule has 17 nitrogen and oxygen atoms in total. The third kappa shape index (κ3) is 14.3. The molecule has 0 saturated heterocycles. The molecule has 0 aromatic heterocycles. The summed E-state index contributed by atoms with van der Waals surface area (Å²) in [5.74, 6) is -7.34. The quantitative estimate of drug-likeness (QED) is 0.0617. The van der Waals surface area contributed by atoms with Crippen LogP contribution in [0.5, 0.6) is 0 Å². The number of nitrogens with zero attached hydrogens (tertiary/aromatic N) is 1. The lowest BCUT2D eigenvalue weighted by Crippen LogP contribution is -2.58. The third-order valence-corrected chi connectivity index (χ3v) is 7.75. The molecular weight excluding hydrogens is 680 g/mol. The average Bonchev–Trinajstić information content (AvgIpc) is 3.37. The lowest BCUT2D eigenvalue weighted by molar-refractivity contribution is -0.154. The number of hydrogen-bond donors (Lipinski definition) is 6. The lowest BCUT2D eigenvalue weighted by Gasteiger charge is -2.27. The smallest absolute Gasteiger partial charge is 0.311 e. The number of nitrogens with two attached hydrogens (primary N) is 1. The van der Waals surface area contributed by atoms with Gasteiger partial charge < -0.3 is 36.8 Å². The number of primary amides is 1. The number of carboxylic acid groups (broad SMARTS) is 1. The van der Waals surface area contributed by atoms with Gasteiger partial charge in [0.05, 0.1) is 5.41 Å². The maximum atomic E-state index is 13.6. The largest absolute Gasteiger partial charge is 0.481 e. The molecule has 0 spiro atoms. The predicted octanol–water partition coefficient (Wildman–Crippen LogP) is 0.660. The predicted molar refractivity (Wildman–Crippen MR) is 185 cm³/mol. The van der Waals surface area contributed by atoms with Gasteiger partial charge in [-0.3, -0.25) is 48.1 Å². The van der Waals surface area contributed by atoms with Crippen LogP contribution in [-0.2, 0) is 54.5 Å². The fourth-order valence-electron chi connectivity index (χ4n) is 4.75. The summed E-state index contributed by atoms with van der Waals surface area (Å²) in [4.78, 5) is 112. The van der Waals surface area contributed by atoms with Gasteiger partial charge in [0.2, 0.25) is 29.5 Å². The number of carboxylic acids is 1. The Labute approximate surface area is 301 Å². The highest BCUT2D eigenvalue weighted by atomic mass is 16.5. The number of rotatable bonds is 20. The van der Waals surface area contributed by atoms with Crippen molar-refractivity contribution in [1.29, 1.82) is 0 Å². The Morgan fingerprint density at radius 2 is 1.40 bits per heavy atom. The van der Waals surface area contributed by atoms with Crippen LogP contribution in [0.1, 0.15) is 78.7 Å². The van der Waals surface area contributed by atoms with E-state index in [1.54, 1.807) is 58.9 Å². The number of imide groups is 1.